The van der Waals surface area contributed by atoms with Gasteiger partial charge in [0, 0.05) is 11.1 Å². The van der Waals surface area contributed by atoms with Crippen molar-refractivity contribution in [2.45, 2.75) is 71.8 Å². The molecular formula is C28H34FN3S. The van der Waals surface area contributed by atoms with Crippen molar-refractivity contribution < 1.29 is 4.39 Å². The second kappa shape index (κ2) is 8.92. The van der Waals surface area contributed by atoms with Gasteiger partial charge >= 0.3 is 0 Å². The summed E-state index contributed by atoms with van der Waals surface area (Å²) in [7, 11) is 0. The summed E-state index contributed by atoms with van der Waals surface area (Å²) in [6.07, 6.45) is 8.36. The monoisotopic (exact) mass is 463 g/mol. The van der Waals surface area contributed by atoms with Crippen LogP contribution in [0.25, 0.3) is 0 Å². The second-order valence-corrected chi connectivity index (χ2v) is 10.6. The van der Waals surface area contributed by atoms with Crippen molar-refractivity contribution in [1.29, 1.82) is 0 Å². The van der Waals surface area contributed by atoms with Crippen molar-refractivity contribution in [2.24, 2.45) is 10.4 Å². The molecule has 2 heterocycles. The molecule has 3 fully saturated rings. The average Bonchev–Trinajstić information content (AvgIpc) is 3.38. The molecule has 33 heavy (non-hydrogen) atoms. The molecule has 1 atom stereocenters. The smallest absolute Gasteiger partial charge is 0.133 e. The number of hydrogen-bond acceptors (Lipinski definition) is 3. The lowest BCUT2D eigenvalue weighted by Gasteiger charge is -2.41. The Morgan fingerprint density at radius 3 is 2.12 bits per heavy atom. The maximum atomic E-state index is 13.8. The van der Waals surface area contributed by atoms with Crippen LogP contribution >= 0.6 is 12.2 Å². The predicted molar refractivity (Wildman–Crippen MR) is 139 cm³/mol. The summed E-state index contributed by atoms with van der Waals surface area (Å²) in [5.41, 5.74) is 5.53. The summed E-state index contributed by atoms with van der Waals surface area (Å²) >= 11 is 6.30. The number of aliphatic imine (C=N–C) groups is 1. The molecule has 0 N–H and O–H groups in total. The van der Waals surface area contributed by atoms with Gasteiger partial charge in [-0.05, 0) is 94.9 Å². The van der Waals surface area contributed by atoms with E-state index in [1.807, 2.05) is 12.1 Å². The third-order valence-corrected chi connectivity index (χ3v) is 8.41. The van der Waals surface area contributed by atoms with E-state index in [-0.39, 0.29) is 17.3 Å². The number of nitrogens with zero attached hydrogens (tertiary/aromatic N) is 3. The highest BCUT2D eigenvalue weighted by Crippen LogP contribution is 2.51. The Morgan fingerprint density at radius 1 is 0.909 bits per heavy atom. The van der Waals surface area contributed by atoms with E-state index in [1.54, 1.807) is 0 Å². The molecule has 0 amide bonds. The maximum Gasteiger partial charge on any atom is 0.133 e. The molecule has 0 bridgehead atoms. The molecule has 3 nitrogen and oxygen atoms in total. The highest BCUT2D eigenvalue weighted by atomic mass is 32.1. The molecule has 2 aromatic rings. The lowest BCUT2D eigenvalue weighted by Crippen LogP contribution is -2.49. The number of hydrogen-bond donors (Lipinski definition) is 0. The van der Waals surface area contributed by atoms with Crippen LogP contribution < -0.4 is 4.90 Å². The van der Waals surface area contributed by atoms with Gasteiger partial charge < -0.3 is 0 Å². The first-order valence-electron chi connectivity index (χ1n) is 12.4. The van der Waals surface area contributed by atoms with Crippen LogP contribution in [0.5, 0.6) is 0 Å². The van der Waals surface area contributed by atoms with E-state index in [0.29, 0.717) is 0 Å². The van der Waals surface area contributed by atoms with Crippen molar-refractivity contribution >= 4 is 34.4 Å². The van der Waals surface area contributed by atoms with E-state index in [9.17, 15) is 4.39 Å². The Kier molecular flexibility index (Phi) is 6.13. The van der Waals surface area contributed by atoms with Gasteiger partial charge in [-0.15, -0.1) is 0 Å². The molecule has 2 aromatic carbocycles. The van der Waals surface area contributed by atoms with E-state index >= 15 is 0 Å². The summed E-state index contributed by atoms with van der Waals surface area (Å²) in [4.78, 5) is 11.2. The first-order chi connectivity index (χ1) is 15.9. The number of amidine groups is 1. The van der Waals surface area contributed by atoms with Crippen LogP contribution in [0.3, 0.4) is 0 Å². The summed E-state index contributed by atoms with van der Waals surface area (Å²) in [5, 5.41) is 0. The normalized spacial score (nSPS) is 24.4. The van der Waals surface area contributed by atoms with E-state index in [1.165, 1.54) is 60.9 Å². The molecule has 0 aromatic heterocycles. The first kappa shape index (κ1) is 22.7. The minimum atomic E-state index is -0.226. The van der Waals surface area contributed by atoms with Crippen molar-refractivity contribution in [3.05, 3.63) is 58.9 Å². The standard InChI is InChI=1S/C28H34FN3S/c1-19-17-20(2)24(21(3)18-19)30-26-25(31-15-7-8-16-31)28(13-5-4-6-14-28)27(33)32(26)23-11-9-22(29)10-12-23/h9-12,17-18,25H,4-8,13-16H2,1-3H3/t25-/m0/s1. The van der Waals surface area contributed by atoms with Gasteiger partial charge in [-0.2, -0.15) is 0 Å². The lowest BCUT2D eigenvalue weighted by atomic mass is 9.70. The van der Waals surface area contributed by atoms with Gasteiger partial charge in [-0.25, -0.2) is 9.38 Å². The lowest BCUT2D eigenvalue weighted by molar-refractivity contribution is 0.155. The number of anilines is 1. The van der Waals surface area contributed by atoms with Crippen LogP contribution in [-0.2, 0) is 0 Å². The minimum Gasteiger partial charge on any atom is -0.293 e. The van der Waals surface area contributed by atoms with Gasteiger partial charge in [0.1, 0.15) is 11.7 Å². The van der Waals surface area contributed by atoms with Crippen LogP contribution in [0.1, 0.15) is 61.6 Å². The fourth-order valence-corrected chi connectivity index (χ4v) is 6.92. The Labute approximate surface area is 202 Å². The Morgan fingerprint density at radius 2 is 1.52 bits per heavy atom. The van der Waals surface area contributed by atoms with Gasteiger partial charge in [0.2, 0.25) is 0 Å². The quantitative estimate of drug-likeness (QED) is 0.455. The molecular weight excluding hydrogens is 429 g/mol. The second-order valence-electron chi connectivity index (χ2n) is 10.2. The Hall–Kier alpha value is -2.11. The summed E-state index contributed by atoms with van der Waals surface area (Å²) in [6, 6.07) is 11.4. The summed E-state index contributed by atoms with van der Waals surface area (Å²) in [6.45, 7) is 8.62. The van der Waals surface area contributed by atoms with Crippen molar-refractivity contribution in [3.63, 3.8) is 0 Å². The first-order valence-corrected chi connectivity index (χ1v) is 12.8. The molecule has 2 aliphatic heterocycles. The van der Waals surface area contributed by atoms with Crippen LogP contribution in [0.15, 0.2) is 41.4 Å². The number of likely N-dealkylation sites (tertiary alicyclic amines) is 1. The fourth-order valence-electron chi connectivity index (χ4n) is 6.41. The van der Waals surface area contributed by atoms with Gasteiger partial charge in [0.25, 0.3) is 0 Å². The fraction of sp³-hybridized carbons (Fsp3) is 0.500. The largest absolute Gasteiger partial charge is 0.293 e. The molecule has 1 aliphatic carbocycles. The van der Waals surface area contributed by atoms with Crippen molar-refractivity contribution in [3.8, 4) is 0 Å². The van der Waals surface area contributed by atoms with Gasteiger partial charge in [0.05, 0.1) is 16.7 Å². The molecule has 174 valence electrons. The van der Waals surface area contributed by atoms with Crippen LogP contribution in [-0.4, -0.2) is 34.9 Å². The zero-order chi connectivity index (χ0) is 23.2. The Bertz CT molecular complexity index is 1060. The number of aryl methyl sites for hydroxylation is 3. The average molecular weight is 464 g/mol. The molecule has 2 saturated heterocycles. The molecule has 1 spiro atoms. The molecule has 3 aliphatic rings. The Balaban J connectivity index is 1.73. The van der Waals surface area contributed by atoms with Crippen molar-refractivity contribution in [2.75, 3.05) is 18.0 Å². The summed E-state index contributed by atoms with van der Waals surface area (Å²) in [5.74, 6) is 0.807. The number of thiocarbonyl (C=S) groups is 1. The van der Waals surface area contributed by atoms with E-state index in [2.05, 4.69) is 42.7 Å². The van der Waals surface area contributed by atoms with E-state index < -0.39 is 0 Å². The third-order valence-electron chi connectivity index (χ3n) is 7.82. The minimum absolute atomic E-state index is 0.0718. The van der Waals surface area contributed by atoms with Gasteiger partial charge in [0.15, 0.2) is 0 Å². The molecule has 0 radical (unpaired) electrons. The van der Waals surface area contributed by atoms with Crippen molar-refractivity contribution in [1.82, 2.24) is 4.90 Å². The topological polar surface area (TPSA) is 18.8 Å². The molecule has 5 heteroatoms. The van der Waals surface area contributed by atoms with Crippen LogP contribution in [0.4, 0.5) is 15.8 Å². The van der Waals surface area contributed by atoms with E-state index in [4.69, 9.17) is 17.2 Å². The van der Waals surface area contributed by atoms with E-state index in [0.717, 1.165) is 48.1 Å². The van der Waals surface area contributed by atoms with Crippen LogP contribution in [0.2, 0.25) is 0 Å². The zero-order valence-electron chi connectivity index (χ0n) is 20.0. The number of benzene rings is 2. The molecule has 0 unspecified atom stereocenters. The predicted octanol–water partition coefficient (Wildman–Crippen LogP) is 7.04. The molecule has 5 rings (SSSR count). The third kappa shape index (κ3) is 3.93. The van der Waals surface area contributed by atoms with Gasteiger partial charge in [-0.3, -0.25) is 9.80 Å². The van der Waals surface area contributed by atoms with Crippen LogP contribution in [0, 0.1) is 32.0 Å². The molecule has 1 saturated carbocycles. The number of halogens is 1. The highest BCUT2D eigenvalue weighted by molar-refractivity contribution is 7.80. The SMILES string of the molecule is Cc1cc(C)c(N=C2[C@H](N3CCCC3)C3(CCCCC3)C(=S)N2c2ccc(F)cc2)c(C)c1. The highest BCUT2D eigenvalue weighted by Gasteiger charge is 2.57. The van der Waals surface area contributed by atoms with Gasteiger partial charge in [-0.1, -0.05) is 49.2 Å². The summed E-state index contributed by atoms with van der Waals surface area (Å²) < 4.78 is 13.8. The number of rotatable bonds is 3. The maximum absolute atomic E-state index is 13.8. The zero-order valence-corrected chi connectivity index (χ0v) is 20.8.